The average molecular weight is 379 g/mol. The van der Waals surface area contributed by atoms with Gasteiger partial charge in [0.2, 0.25) is 0 Å². The molecule has 0 saturated heterocycles. The summed E-state index contributed by atoms with van der Waals surface area (Å²) in [4.78, 5) is 16.6. The van der Waals surface area contributed by atoms with Crippen molar-refractivity contribution >= 4 is 34.7 Å². The summed E-state index contributed by atoms with van der Waals surface area (Å²) in [6.07, 6.45) is 1.46. The molecule has 2 N–H and O–H groups in total. The standard InChI is InChI=1S/C20H15ClN4O2/c1-27-18-8-7-15(10-16(18)21)24-19-9-6-14(12-23-19)20(26)25-17-5-3-2-4-13(17)11-22/h2-10,12H,1H3,(H,23,24)(H,25,26). The molecule has 0 atom stereocenters. The minimum Gasteiger partial charge on any atom is -0.495 e. The van der Waals surface area contributed by atoms with E-state index < -0.39 is 0 Å². The summed E-state index contributed by atoms with van der Waals surface area (Å²) >= 11 is 6.10. The molecule has 6 nitrogen and oxygen atoms in total. The minimum atomic E-state index is -0.343. The first-order valence-electron chi connectivity index (χ1n) is 7.98. The predicted molar refractivity (Wildman–Crippen MR) is 105 cm³/mol. The lowest BCUT2D eigenvalue weighted by Crippen LogP contribution is -2.13. The summed E-state index contributed by atoms with van der Waals surface area (Å²) in [6, 6.07) is 17.5. The lowest BCUT2D eigenvalue weighted by molar-refractivity contribution is 0.102. The van der Waals surface area contributed by atoms with Gasteiger partial charge in [-0.2, -0.15) is 5.26 Å². The fourth-order valence-corrected chi connectivity index (χ4v) is 2.64. The van der Waals surface area contributed by atoms with E-state index in [1.54, 1.807) is 55.6 Å². The van der Waals surface area contributed by atoms with Crippen LogP contribution >= 0.6 is 11.6 Å². The van der Waals surface area contributed by atoms with Crippen molar-refractivity contribution in [1.29, 1.82) is 5.26 Å². The van der Waals surface area contributed by atoms with Crippen LogP contribution in [0.25, 0.3) is 0 Å². The summed E-state index contributed by atoms with van der Waals surface area (Å²) in [5.74, 6) is 0.800. The van der Waals surface area contributed by atoms with E-state index in [4.69, 9.17) is 21.6 Å². The van der Waals surface area contributed by atoms with Gasteiger partial charge in [0.05, 0.1) is 28.9 Å². The Morgan fingerprint density at radius 1 is 1.19 bits per heavy atom. The Bertz CT molecular complexity index is 1010. The topological polar surface area (TPSA) is 87.0 Å². The first-order valence-corrected chi connectivity index (χ1v) is 8.35. The Kier molecular flexibility index (Phi) is 5.55. The van der Waals surface area contributed by atoms with Gasteiger partial charge in [0.1, 0.15) is 17.6 Å². The molecule has 0 saturated carbocycles. The Morgan fingerprint density at radius 3 is 2.67 bits per heavy atom. The maximum absolute atomic E-state index is 12.4. The van der Waals surface area contributed by atoms with Gasteiger partial charge in [-0.1, -0.05) is 23.7 Å². The van der Waals surface area contributed by atoms with Crippen LogP contribution < -0.4 is 15.4 Å². The van der Waals surface area contributed by atoms with Crippen molar-refractivity contribution in [2.24, 2.45) is 0 Å². The van der Waals surface area contributed by atoms with Gasteiger partial charge in [0.25, 0.3) is 5.91 Å². The molecule has 0 aliphatic carbocycles. The van der Waals surface area contributed by atoms with Crippen LogP contribution in [0.15, 0.2) is 60.8 Å². The van der Waals surface area contributed by atoms with Crippen molar-refractivity contribution in [1.82, 2.24) is 4.98 Å². The third-order valence-corrected chi connectivity index (χ3v) is 4.04. The van der Waals surface area contributed by atoms with Crippen molar-refractivity contribution in [3.63, 3.8) is 0 Å². The molecule has 0 aliphatic rings. The van der Waals surface area contributed by atoms with Crippen molar-refractivity contribution in [2.75, 3.05) is 17.7 Å². The lowest BCUT2D eigenvalue weighted by Gasteiger charge is -2.09. The Balaban J connectivity index is 1.70. The number of benzene rings is 2. The second-order valence-corrected chi connectivity index (χ2v) is 5.93. The molecule has 0 aliphatic heterocycles. The molecule has 2 aromatic carbocycles. The van der Waals surface area contributed by atoms with Crippen LogP contribution in [0.4, 0.5) is 17.2 Å². The van der Waals surface area contributed by atoms with E-state index in [-0.39, 0.29) is 5.91 Å². The largest absolute Gasteiger partial charge is 0.495 e. The molecular weight excluding hydrogens is 364 g/mol. The number of amides is 1. The van der Waals surface area contributed by atoms with Crippen LogP contribution in [0.1, 0.15) is 15.9 Å². The summed E-state index contributed by atoms with van der Waals surface area (Å²) in [7, 11) is 1.55. The molecule has 0 fully saturated rings. The predicted octanol–water partition coefficient (Wildman–Crippen LogP) is 4.61. The van der Waals surface area contributed by atoms with Crippen LogP contribution in [0, 0.1) is 11.3 Å². The molecule has 0 radical (unpaired) electrons. The zero-order chi connectivity index (χ0) is 19.2. The highest BCUT2D eigenvalue weighted by Crippen LogP contribution is 2.28. The van der Waals surface area contributed by atoms with Crippen LogP contribution in [0.2, 0.25) is 5.02 Å². The summed E-state index contributed by atoms with van der Waals surface area (Å²) < 4.78 is 5.12. The quantitative estimate of drug-likeness (QED) is 0.676. The first-order chi connectivity index (χ1) is 13.1. The second kappa shape index (κ2) is 8.21. The number of methoxy groups -OCH3 is 1. The number of halogens is 1. The smallest absolute Gasteiger partial charge is 0.257 e. The highest BCUT2D eigenvalue weighted by molar-refractivity contribution is 6.32. The third kappa shape index (κ3) is 4.35. The number of hydrogen-bond acceptors (Lipinski definition) is 5. The van der Waals surface area contributed by atoms with Crippen LogP contribution in [0.5, 0.6) is 5.75 Å². The zero-order valence-electron chi connectivity index (χ0n) is 14.4. The number of hydrogen-bond donors (Lipinski definition) is 2. The van der Waals surface area contributed by atoms with Crippen LogP contribution in [-0.2, 0) is 0 Å². The first kappa shape index (κ1) is 18.2. The third-order valence-electron chi connectivity index (χ3n) is 3.75. The number of rotatable bonds is 5. The lowest BCUT2D eigenvalue weighted by atomic mass is 10.2. The summed E-state index contributed by atoms with van der Waals surface area (Å²) in [6.45, 7) is 0. The highest BCUT2D eigenvalue weighted by Gasteiger charge is 2.10. The van der Waals surface area contributed by atoms with Gasteiger partial charge in [0.15, 0.2) is 0 Å². The molecule has 3 aromatic rings. The number of nitrogens with zero attached hydrogens (tertiary/aromatic N) is 2. The fraction of sp³-hybridized carbons (Fsp3) is 0.0500. The number of carbonyl (C=O) groups is 1. The molecular formula is C20H15ClN4O2. The maximum atomic E-state index is 12.4. The van der Waals surface area contributed by atoms with E-state index in [1.165, 1.54) is 6.20 Å². The van der Waals surface area contributed by atoms with Crippen molar-refractivity contribution in [2.45, 2.75) is 0 Å². The van der Waals surface area contributed by atoms with Gasteiger partial charge in [-0.3, -0.25) is 4.79 Å². The van der Waals surface area contributed by atoms with E-state index in [0.717, 1.165) is 5.69 Å². The monoisotopic (exact) mass is 378 g/mol. The molecule has 0 unspecified atom stereocenters. The van der Waals surface area contributed by atoms with Crippen LogP contribution in [-0.4, -0.2) is 18.0 Å². The minimum absolute atomic E-state index is 0.343. The maximum Gasteiger partial charge on any atom is 0.257 e. The van der Waals surface area contributed by atoms with Gasteiger partial charge in [-0.25, -0.2) is 4.98 Å². The highest BCUT2D eigenvalue weighted by atomic mass is 35.5. The van der Waals surface area contributed by atoms with Gasteiger partial charge in [-0.05, 0) is 42.5 Å². The van der Waals surface area contributed by atoms with E-state index >= 15 is 0 Å². The van der Waals surface area contributed by atoms with Gasteiger partial charge in [-0.15, -0.1) is 0 Å². The van der Waals surface area contributed by atoms with E-state index in [9.17, 15) is 4.79 Å². The normalized spacial score (nSPS) is 9.96. The van der Waals surface area contributed by atoms with E-state index in [0.29, 0.717) is 33.4 Å². The molecule has 7 heteroatoms. The SMILES string of the molecule is COc1ccc(Nc2ccc(C(=O)Nc3ccccc3C#N)cn2)cc1Cl. The summed E-state index contributed by atoms with van der Waals surface area (Å²) in [5.41, 5.74) is 1.98. The number of ether oxygens (including phenoxy) is 1. The molecule has 27 heavy (non-hydrogen) atoms. The number of aromatic nitrogens is 1. The second-order valence-electron chi connectivity index (χ2n) is 5.52. The molecule has 0 spiro atoms. The zero-order valence-corrected chi connectivity index (χ0v) is 15.1. The van der Waals surface area contributed by atoms with Crippen molar-refractivity contribution in [3.05, 3.63) is 76.9 Å². The van der Waals surface area contributed by atoms with Gasteiger partial charge in [0, 0.05) is 11.9 Å². The van der Waals surface area contributed by atoms with Crippen molar-refractivity contribution < 1.29 is 9.53 Å². The number of para-hydroxylation sites is 1. The van der Waals surface area contributed by atoms with Gasteiger partial charge >= 0.3 is 0 Å². The number of pyridine rings is 1. The van der Waals surface area contributed by atoms with Crippen LogP contribution in [0.3, 0.4) is 0 Å². The number of anilines is 3. The summed E-state index contributed by atoms with van der Waals surface area (Å²) in [5, 5.41) is 15.4. The Morgan fingerprint density at radius 2 is 2.00 bits per heavy atom. The fourth-order valence-electron chi connectivity index (χ4n) is 2.38. The molecule has 1 amide bonds. The van der Waals surface area contributed by atoms with Gasteiger partial charge < -0.3 is 15.4 Å². The molecule has 134 valence electrons. The number of nitriles is 1. The molecule has 1 heterocycles. The molecule has 1 aromatic heterocycles. The number of carbonyl (C=O) groups excluding carboxylic acids is 1. The van der Waals surface area contributed by atoms with E-state index in [2.05, 4.69) is 15.6 Å². The number of nitrogens with one attached hydrogen (secondary N) is 2. The van der Waals surface area contributed by atoms with E-state index in [1.807, 2.05) is 12.1 Å². The Hall–Kier alpha value is -3.56. The Labute approximate surface area is 161 Å². The average Bonchev–Trinajstić information content (AvgIpc) is 2.69. The molecule has 0 bridgehead atoms. The van der Waals surface area contributed by atoms with Crippen molar-refractivity contribution in [3.8, 4) is 11.8 Å². The molecule has 3 rings (SSSR count).